The van der Waals surface area contributed by atoms with E-state index in [9.17, 15) is 9.59 Å². The summed E-state index contributed by atoms with van der Waals surface area (Å²) >= 11 is 0. The molecule has 146 valence electrons. The van der Waals surface area contributed by atoms with Gasteiger partial charge in [-0.3, -0.25) is 4.79 Å². The summed E-state index contributed by atoms with van der Waals surface area (Å²) in [5, 5.41) is 6.14. The van der Waals surface area contributed by atoms with Crippen molar-refractivity contribution in [2.24, 2.45) is 5.73 Å². The molecule has 0 radical (unpaired) electrons. The number of hydrogen-bond acceptors (Lipinski definition) is 5. The summed E-state index contributed by atoms with van der Waals surface area (Å²) in [6.07, 6.45) is 2.59. The number of nitrogens with two attached hydrogens (primary N) is 1. The van der Waals surface area contributed by atoms with E-state index in [-0.39, 0.29) is 11.4 Å². The first-order chi connectivity index (χ1) is 13.3. The lowest BCUT2D eigenvalue weighted by molar-refractivity contribution is -0.110. The number of rotatable bonds is 6. The van der Waals surface area contributed by atoms with Crippen LogP contribution in [0.25, 0.3) is 5.57 Å². The number of hydrogen-bond donors (Lipinski definition) is 3. The van der Waals surface area contributed by atoms with Crippen LogP contribution in [0.2, 0.25) is 0 Å². The minimum atomic E-state index is -0.428. The second-order valence-corrected chi connectivity index (χ2v) is 7.34. The molecule has 0 spiro atoms. The van der Waals surface area contributed by atoms with Crippen LogP contribution >= 0.6 is 0 Å². The third-order valence-corrected chi connectivity index (χ3v) is 4.67. The van der Waals surface area contributed by atoms with Crippen molar-refractivity contribution in [1.82, 2.24) is 0 Å². The van der Waals surface area contributed by atoms with E-state index in [4.69, 9.17) is 10.5 Å². The molecule has 6 nitrogen and oxygen atoms in total. The highest BCUT2D eigenvalue weighted by atomic mass is 16.5. The average Bonchev–Trinajstić information content (AvgIpc) is 2.98. The minimum Gasteiger partial charge on any atom is -0.465 e. The molecular formula is C22H25N3O3. The van der Waals surface area contributed by atoms with E-state index in [1.807, 2.05) is 44.2 Å². The van der Waals surface area contributed by atoms with Crippen LogP contribution in [0, 0.1) is 0 Å². The van der Waals surface area contributed by atoms with Gasteiger partial charge >= 0.3 is 5.97 Å². The van der Waals surface area contributed by atoms with Gasteiger partial charge in [0.2, 0.25) is 0 Å². The molecule has 2 aromatic rings. The van der Waals surface area contributed by atoms with Crippen molar-refractivity contribution in [3.8, 4) is 0 Å². The summed E-state index contributed by atoms with van der Waals surface area (Å²) in [5.41, 5.74) is 10.3. The number of fused-ring (bicyclic) bond motifs is 1. The molecule has 0 fully saturated rings. The van der Waals surface area contributed by atoms with E-state index < -0.39 is 5.97 Å². The van der Waals surface area contributed by atoms with Gasteiger partial charge in [0.1, 0.15) is 0 Å². The Morgan fingerprint density at radius 3 is 2.57 bits per heavy atom. The van der Waals surface area contributed by atoms with Crippen molar-refractivity contribution in [2.45, 2.75) is 25.8 Å². The molecule has 0 saturated carbocycles. The molecule has 28 heavy (non-hydrogen) atoms. The topological polar surface area (TPSA) is 93.4 Å². The molecule has 1 amide bonds. The fourth-order valence-corrected chi connectivity index (χ4v) is 3.09. The third kappa shape index (κ3) is 4.23. The lowest BCUT2D eigenvalue weighted by Gasteiger charge is -2.19. The van der Waals surface area contributed by atoms with Crippen molar-refractivity contribution < 1.29 is 14.3 Å². The Balaban J connectivity index is 1.63. The number of nitrogens with one attached hydrogen (secondary N) is 2. The highest BCUT2D eigenvalue weighted by molar-refractivity contribution is 6.31. The number of carbonyl (C=O) groups excluding carboxylic acids is 2. The fraction of sp³-hybridized carbons (Fsp3) is 0.273. The van der Waals surface area contributed by atoms with Crippen LogP contribution in [0.4, 0.5) is 11.4 Å². The largest absolute Gasteiger partial charge is 0.465 e. The van der Waals surface area contributed by atoms with E-state index in [1.54, 1.807) is 18.2 Å². The first kappa shape index (κ1) is 19.6. The maximum Gasteiger partial charge on any atom is 0.337 e. The number of anilines is 2. The molecule has 4 N–H and O–H groups in total. The minimum absolute atomic E-state index is 0.161. The quantitative estimate of drug-likeness (QED) is 0.406. The Morgan fingerprint density at radius 2 is 1.93 bits per heavy atom. The zero-order valence-electron chi connectivity index (χ0n) is 16.3. The predicted molar refractivity (Wildman–Crippen MR) is 111 cm³/mol. The normalized spacial score (nSPS) is 14.6. The van der Waals surface area contributed by atoms with Gasteiger partial charge in [-0.25, -0.2) is 4.79 Å². The van der Waals surface area contributed by atoms with Crippen molar-refractivity contribution in [3.05, 3.63) is 65.2 Å². The molecule has 1 aliphatic rings. The molecule has 0 unspecified atom stereocenters. The number of benzene rings is 2. The van der Waals surface area contributed by atoms with Gasteiger partial charge in [0.05, 0.1) is 12.7 Å². The van der Waals surface area contributed by atoms with Crippen molar-refractivity contribution in [2.75, 3.05) is 24.3 Å². The Morgan fingerprint density at radius 1 is 1.21 bits per heavy atom. The van der Waals surface area contributed by atoms with Gasteiger partial charge in [-0.15, -0.1) is 0 Å². The SMILES string of the molecule is COC(=O)c1ccc2c(c1)NC(=O)C2=CCCNc1ccc(C(C)(C)N)cc1. The lowest BCUT2D eigenvalue weighted by Crippen LogP contribution is -2.28. The zero-order valence-corrected chi connectivity index (χ0v) is 16.3. The van der Waals surface area contributed by atoms with Crippen LogP contribution in [0.1, 0.15) is 41.8 Å². The Hall–Kier alpha value is -3.12. The van der Waals surface area contributed by atoms with Crippen LogP contribution in [-0.2, 0) is 15.1 Å². The van der Waals surface area contributed by atoms with Gasteiger partial charge in [-0.2, -0.15) is 0 Å². The van der Waals surface area contributed by atoms with Crippen LogP contribution in [-0.4, -0.2) is 25.5 Å². The predicted octanol–water partition coefficient (Wildman–Crippen LogP) is 3.50. The fourth-order valence-electron chi connectivity index (χ4n) is 3.09. The van der Waals surface area contributed by atoms with Crippen molar-refractivity contribution in [3.63, 3.8) is 0 Å². The molecule has 0 aliphatic carbocycles. The maximum atomic E-state index is 12.2. The highest BCUT2D eigenvalue weighted by Gasteiger charge is 2.24. The van der Waals surface area contributed by atoms with Crippen LogP contribution in [0.5, 0.6) is 0 Å². The van der Waals surface area contributed by atoms with Gasteiger partial charge in [-0.05, 0) is 50.1 Å². The van der Waals surface area contributed by atoms with Gasteiger partial charge in [0.15, 0.2) is 0 Å². The lowest BCUT2D eigenvalue weighted by atomic mass is 9.96. The third-order valence-electron chi connectivity index (χ3n) is 4.67. The summed E-state index contributed by atoms with van der Waals surface area (Å²) in [4.78, 5) is 23.9. The second kappa shape index (κ2) is 7.86. The first-order valence-corrected chi connectivity index (χ1v) is 9.17. The van der Waals surface area contributed by atoms with Crippen molar-refractivity contribution >= 4 is 28.8 Å². The second-order valence-electron chi connectivity index (χ2n) is 7.34. The summed E-state index contributed by atoms with van der Waals surface area (Å²) in [5.74, 6) is -0.589. The molecule has 1 heterocycles. The molecule has 0 saturated heterocycles. The number of carbonyl (C=O) groups is 2. The van der Waals surface area contributed by atoms with Gasteiger partial charge in [-0.1, -0.05) is 24.3 Å². The zero-order chi connectivity index (χ0) is 20.3. The van der Waals surface area contributed by atoms with Crippen LogP contribution in [0.15, 0.2) is 48.5 Å². The molecule has 0 bridgehead atoms. The molecular weight excluding hydrogens is 354 g/mol. The molecule has 3 rings (SSSR count). The van der Waals surface area contributed by atoms with E-state index in [1.165, 1.54) is 7.11 Å². The Bertz CT molecular complexity index is 925. The number of methoxy groups -OCH3 is 1. The molecule has 2 aromatic carbocycles. The van der Waals surface area contributed by atoms with E-state index in [0.717, 1.165) is 16.8 Å². The number of esters is 1. The van der Waals surface area contributed by atoms with E-state index in [2.05, 4.69) is 10.6 Å². The van der Waals surface area contributed by atoms with Gasteiger partial charge in [0, 0.05) is 34.6 Å². The summed E-state index contributed by atoms with van der Waals surface area (Å²) in [6, 6.07) is 13.1. The van der Waals surface area contributed by atoms with Gasteiger partial charge in [0.25, 0.3) is 5.91 Å². The average molecular weight is 379 g/mol. The Kier molecular flexibility index (Phi) is 5.51. The van der Waals surface area contributed by atoms with E-state index in [0.29, 0.717) is 29.8 Å². The molecule has 1 aliphatic heterocycles. The van der Waals surface area contributed by atoms with Crippen molar-refractivity contribution in [1.29, 1.82) is 0 Å². The van der Waals surface area contributed by atoms with Crippen LogP contribution in [0.3, 0.4) is 0 Å². The summed E-state index contributed by atoms with van der Waals surface area (Å²) in [6.45, 7) is 4.64. The number of amides is 1. The molecule has 6 heteroatoms. The summed E-state index contributed by atoms with van der Waals surface area (Å²) < 4.78 is 4.72. The molecule has 0 atom stereocenters. The van der Waals surface area contributed by atoms with E-state index >= 15 is 0 Å². The van der Waals surface area contributed by atoms with Crippen LogP contribution < -0.4 is 16.4 Å². The standard InChI is InChI=1S/C22H25N3O3/c1-22(2,23)15-7-9-16(10-8-15)24-12-4-5-18-17-11-6-14(21(27)28-3)13-19(17)25-20(18)26/h5-11,13,24H,4,12,23H2,1-3H3,(H,25,26). The Labute approximate surface area is 164 Å². The van der Waals surface area contributed by atoms with Gasteiger partial charge < -0.3 is 21.1 Å². The number of ether oxygens (including phenoxy) is 1. The highest BCUT2D eigenvalue weighted by Crippen LogP contribution is 2.32. The first-order valence-electron chi connectivity index (χ1n) is 9.17. The smallest absolute Gasteiger partial charge is 0.337 e. The molecule has 0 aromatic heterocycles. The maximum absolute atomic E-state index is 12.2. The summed E-state index contributed by atoms with van der Waals surface area (Å²) in [7, 11) is 1.33. The monoisotopic (exact) mass is 379 g/mol.